The SMILES string of the molecule is CC(C)(C)c1ccnc(-c2ccccc2-c2ccccc2-[n+]2[c-]n(-c3cccc(Oc4ccc5oc6ccccc6c5c4)c3)c3ccccc32)c1. The second-order valence-electron chi connectivity index (χ2n) is 13.9. The van der Waals surface area contributed by atoms with Gasteiger partial charge in [-0.2, -0.15) is 0 Å². The molecule has 0 aliphatic carbocycles. The molecule has 9 aromatic rings. The molecular formula is C46H35N3O2. The fourth-order valence-electron chi connectivity index (χ4n) is 6.90. The number of ether oxygens (including phenoxy) is 1. The number of hydrogen-bond acceptors (Lipinski definition) is 3. The highest BCUT2D eigenvalue weighted by Gasteiger charge is 2.20. The van der Waals surface area contributed by atoms with E-state index < -0.39 is 0 Å². The molecule has 0 aliphatic heterocycles. The number of furan rings is 1. The second-order valence-corrected chi connectivity index (χ2v) is 13.9. The van der Waals surface area contributed by atoms with E-state index in [1.165, 1.54) is 5.56 Å². The number of hydrogen-bond donors (Lipinski definition) is 0. The highest BCUT2D eigenvalue weighted by atomic mass is 16.5. The second kappa shape index (κ2) is 12.1. The molecule has 3 aromatic heterocycles. The van der Waals surface area contributed by atoms with Crippen LogP contribution in [0.1, 0.15) is 26.3 Å². The Hall–Kier alpha value is -6.46. The lowest BCUT2D eigenvalue weighted by Gasteiger charge is -2.20. The van der Waals surface area contributed by atoms with Gasteiger partial charge in [-0.25, -0.2) is 0 Å². The van der Waals surface area contributed by atoms with Crippen LogP contribution in [0, 0.1) is 6.33 Å². The summed E-state index contributed by atoms with van der Waals surface area (Å²) in [5, 5.41) is 2.10. The zero-order valence-electron chi connectivity index (χ0n) is 28.7. The molecule has 0 fully saturated rings. The van der Waals surface area contributed by atoms with Crippen LogP contribution in [-0.4, -0.2) is 9.55 Å². The molecular weight excluding hydrogens is 627 g/mol. The fraction of sp³-hybridized carbons (Fsp3) is 0.0870. The lowest BCUT2D eigenvalue weighted by Crippen LogP contribution is -2.30. The van der Waals surface area contributed by atoms with Crippen molar-refractivity contribution >= 4 is 33.0 Å². The van der Waals surface area contributed by atoms with Crippen molar-refractivity contribution < 1.29 is 13.7 Å². The lowest BCUT2D eigenvalue weighted by atomic mass is 9.86. The van der Waals surface area contributed by atoms with Crippen molar-refractivity contribution in [3.63, 3.8) is 0 Å². The molecule has 9 rings (SSSR count). The zero-order valence-corrected chi connectivity index (χ0v) is 28.7. The predicted octanol–water partition coefficient (Wildman–Crippen LogP) is 11.4. The largest absolute Gasteiger partial charge is 0.458 e. The summed E-state index contributed by atoms with van der Waals surface area (Å²) >= 11 is 0. The van der Waals surface area contributed by atoms with Gasteiger partial charge in [0.1, 0.15) is 22.7 Å². The first-order valence-electron chi connectivity index (χ1n) is 17.2. The number of imidazole rings is 1. The molecule has 0 radical (unpaired) electrons. The van der Waals surface area contributed by atoms with Crippen LogP contribution >= 0.6 is 0 Å². The van der Waals surface area contributed by atoms with Crippen molar-refractivity contribution in [2.75, 3.05) is 0 Å². The molecule has 51 heavy (non-hydrogen) atoms. The minimum Gasteiger partial charge on any atom is -0.458 e. The van der Waals surface area contributed by atoms with Gasteiger partial charge in [-0.05, 0) is 82.8 Å². The van der Waals surface area contributed by atoms with Crippen LogP contribution in [0.15, 0.2) is 162 Å². The van der Waals surface area contributed by atoms with Gasteiger partial charge in [0.05, 0.1) is 28.1 Å². The normalized spacial score (nSPS) is 11.8. The molecule has 0 spiro atoms. The number of benzene rings is 6. The Bertz CT molecular complexity index is 2730. The molecule has 0 N–H and O–H groups in total. The zero-order chi connectivity index (χ0) is 34.5. The van der Waals surface area contributed by atoms with E-state index in [2.05, 4.69) is 139 Å². The summed E-state index contributed by atoms with van der Waals surface area (Å²) in [7, 11) is 0. The van der Waals surface area contributed by atoms with Crippen molar-refractivity contribution in [3.8, 4) is 45.3 Å². The summed E-state index contributed by atoms with van der Waals surface area (Å²) in [6.07, 6.45) is 5.62. The predicted molar refractivity (Wildman–Crippen MR) is 205 cm³/mol. The fourth-order valence-corrected chi connectivity index (χ4v) is 6.90. The third-order valence-electron chi connectivity index (χ3n) is 9.49. The Kier molecular flexibility index (Phi) is 7.29. The van der Waals surface area contributed by atoms with Gasteiger partial charge in [0.25, 0.3) is 6.33 Å². The number of aromatic nitrogens is 3. The molecule has 5 nitrogen and oxygen atoms in total. The Morgan fingerprint density at radius 2 is 1.35 bits per heavy atom. The van der Waals surface area contributed by atoms with E-state index in [0.29, 0.717) is 0 Å². The minimum absolute atomic E-state index is 0.0157. The summed E-state index contributed by atoms with van der Waals surface area (Å²) in [5.41, 5.74) is 11.3. The topological polar surface area (TPSA) is 44.1 Å². The van der Waals surface area contributed by atoms with Crippen LogP contribution in [0.2, 0.25) is 0 Å². The first-order valence-corrected chi connectivity index (χ1v) is 17.2. The average molecular weight is 662 g/mol. The van der Waals surface area contributed by atoms with E-state index in [1.807, 2.05) is 54.7 Å². The van der Waals surface area contributed by atoms with Crippen LogP contribution < -0.4 is 9.30 Å². The van der Waals surface area contributed by atoms with Crippen molar-refractivity contribution in [2.45, 2.75) is 26.2 Å². The first-order chi connectivity index (χ1) is 24.9. The van der Waals surface area contributed by atoms with E-state index in [4.69, 9.17) is 14.1 Å². The van der Waals surface area contributed by atoms with Crippen LogP contribution in [0.3, 0.4) is 0 Å². The summed E-state index contributed by atoms with van der Waals surface area (Å²) in [5.74, 6) is 1.48. The van der Waals surface area contributed by atoms with Gasteiger partial charge in [0, 0.05) is 22.5 Å². The van der Waals surface area contributed by atoms with E-state index in [9.17, 15) is 0 Å². The smallest absolute Gasteiger partial charge is 0.269 e. The van der Waals surface area contributed by atoms with Crippen LogP contribution in [0.25, 0.3) is 66.7 Å². The molecule has 3 heterocycles. The molecule has 0 saturated carbocycles. The highest BCUT2D eigenvalue weighted by Crippen LogP contribution is 2.36. The van der Waals surface area contributed by atoms with Gasteiger partial charge in [0.2, 0.25) is 0 Å². The lowest BCUT2D eigenvalue weighted by molar-refractivity contribution is -0.571. The maximum absolute atomic E-state index is 6.45. The van der Waals surface area contributed by atoms with E-state index >= 15 is 0 Å². The number of rotatable bonds is 6. The van der Waals surface area contributed by atoms with Crippen molar-refractivity contribution in [3.05, 3.63) is 170 Å². The average Bonchev–Trinajstić information content (AvgIpc) is 3.73. The Labute approximate surface area is 296 Å². The Morgan fingerprint density at radius 3 is 2.24 bits per heavy atom. The maximum Gasteiger partial charge on any atom is 0.269 e. The third kappa shape index (κ3) is 5.53. The number of fused-ring (bicyclic) bond motifs is 4. The van der Waals surface area contributed by atoms with Crippen molar-refractivity contribution in [2.24, 2.45) is 0 Å². The highest BCUT2D eigenvalue weighted by molar-refractivity contribution is 6.05. The quantitative estimate of drug-likeness (QED) is 0.132. The first kappa shape index (κ1) is 30.6. The van der Waals surface area contributed by atoms with Crippen LogP contribution in [0.4, 0.5) is 0 Å². The monoisotopic (exact) mass is 661 g/mol. The minimum atomic E-state index is 0.0157. The standard InChI is InChI=1S/C46H35N3O2/c1-46(2,3)31-25-26-47-40(27-31)36-16-5-4-15-35(36)37-17-6-8-19-41(37)49-30-48(42-20-9-10-21-43(42)49)32-13-12-14-33(28-32)50-34-23-24-45-39(29-34)38-18-7-11-22-44(38)51-45/h4-29H,1-3H3. The van der Waals surface area contributed by atoms with Gasteiger partial charge in [0.15, 0.2) is 0 Å². The third-order valence-corrected chi connectivity index (χ3v) is 9.49. The molecule has 0 atom stereocenters. The molecule has 0 unspecified atom stereocenters. The summed E-state index contributed by atoms with van der Waals surface area (Å²) in [4.78, 5) is 4.83. The molecule has 246 valence electrons. The van der Waals surface area contributed by atoms with Gasteiger partial charge >= 0.3 is 0 Å². The molecule has 0 amide bonds. The van der Waals surface area contributed by atoms with Gasteiger partial charge < -0.3 is 9.15 Å². The van der Waals surface area contributed by atoms with Gasteiger partial charge in [-0.3, -0.25) is 14.1 Å². The molecule has 5 heteroatoms. The summed E-state index contributed by atoms with van der Waals surface area (Å²) in [6, 6.07) is 52.0. The summed E-state index contributed by atoms with van der Waals surface area (Å²) in [6.45, 7) is 6.71. The van der Waals surface area contributed by atoms with Crippen molar-refractivity contribution in [1.82, 2.24) is 9.55 Å². The van der Waals surface area contributed by atoms with E-state index in [-0.39, 0.29) is 5.41 Å². The van der Waals surface area contributed by atoms with Crippen molar-refractivity contribution in [1.29, 1.82) is 0 Å². The van der Waals surface area contributed by atoms with Crippen LogP contribution in [-0.2, 0) is 5.41 Å². The number of pyridine rings is 1. The molecule has 0 saturated heterocycles. The number of nitrogens with zero attached hydrogens (tertiary/aromatic N) is 3. The number of para-hydroxylation sites is 4. The molecule has 0 bridgehead atoms. The van der Waals surface area contributed by atoms with E-state index in [1.54, 1.807) is 0 Å². The van der Waals surface area contributed by atoms with Crippen LogP contribution in [0.5, 0.6) is 11.5 Å². The van der Waals surface area contributed by atoms with E-state index in [0.717, 1.165) is 78.2 Å². The van der Waals surface area contributed by atoms with Gasteiger partial charge in [-0.15, -0.1) is 0 Å². The Balaban J connectivity index is 1.12. The summed E-state index contributed by atoms with van der Waals surface area (Å²) < 4.78 is 16.7. The Morgan fingerprint density at radius 1 is 0.627 bits per heavy atom. The maximum atomic E-state index is 6.45. The molecule has 6 aromatic carbocycles. The van der Waals surface area contributed by atoms with Gasteiger partial charge in [-0.1, -0.05) is 112 Å². The molecule has 0 aliphatic rings.